The molecule has 0 heterocycles. The van der Waals surface area contributed by atoms with Crippen molar-refractivity contribution in [3.05, 3.63) is 29.3 Å². The molecule has 1 unspecified atom stereocenters. The first-order valence-corrected chi connectivity index (χ1v) is 5.31. The first-order chi connectivity index (χ1) is 7.63. The first kappa shape index (κ1) is 12.1. The summed E-state index contributed by atoms with van der Waals surface area (Å²) in [5.41, 5.74) is 1.85. The zero-order chi connectivity index (χ0) is 12.1. The van der Waals surface area contributed by atoms with Gasteiger partial charge in [0.05, 0.1) is 11.1 Å². The summed E-state index contributed by atoms with van der Waals surface area (Å²) in [6.07, 6.45) is 1.04. The molecule has 0 fully saturated rings. The Morgan fingerprint density at radius 1 is 1.25 bits per heavy atom. The minimum absolute atomic E-state index is 0.416. The Hall–Kier alpha value is -2.00. The average molecular weight is 213 g/mol. The van der Waals surface area contributed by atoms with E-state index in [9.17, 15) is 0 Å². The van der Waals surface area contributed by atoms with Crippen LogP contribution in [-0.4, -0.2) is 13.1 Å². The summed E-state index contributed by atoms with van der Waals surface area (Å²) in [7, 11) is 2.00. The van der Waals surface area contributed by atoms with Gasteiger partial charge < -0.3 is 4.90 Å². The molecule has 0 amide bonds. The minimum Gasteiger partial charge on any atom is -0.372 e. The third-order valence-electron chi connectivity index (χ3n) is 2.90. The van der Waals surface area contributed by atoms with Gasteiger partial charge in [-0.2, -0.15) is 10.5 Å². The standard InChI is InChI=1S/C13H15N3/c1-4-10(2)16(3)13-6-5-11(8-14)12(7-13)9-15/h5-7,10H,4H2,1-3H3. The molecule has 82 valence electrons. The average Bonchev–Trinajstić information content (AvgIpc) is 2.35. The molecule has 0 spiro atoms. The fourth-order valence-electron chi connectivity index (χ4n) is 1.47. The molecule has 1 atom stereocenters. The predicted molar refractivity (Wildman–Crippen MR) is 64.0 cm³/mol. The second kappa shape index (κ2) is 5.19. The lowest BCUT2D eigenvalue weighted by Gasteiger charge is -2.26. The van der Waals surface area contributed by atoms with Gasteiger partial charge in [-0.3, -0.25) is 0 Å². The maximum atomic E-state index is 8.93. The number of nitriles is 2. The van der Waals surface area contributed by atoms with Crippen LogP contribution in [0, 0.1) is 22.7 Å². The van der Waals surface area contributed by atoms with Crippen molar-refractivity contribution in [2.24, 2.45) is 0 Å². The summed E-state index contributed by atoms with van der Waals surface area (Å²) in [5.74, 6) is 0. The van der Waals surface area contributed by atoms with E-state index in [-0.39, 0.29) is 0 Å². The van der Waals surface area contributed by atoms with Crippen LogP contribution in [-0.2, 0) is 0 Å². The third kappa shape index (κ3) is 2.32. The van der Waals surface area contributed by atoms with Crippen molar-refractivity contribution in [1.29, 1.82) is 10.5 Å². The van der Waals surface area contributed by atoms with Gasteiger partial charge in [0.25, 0.3) is 0 Å². The largest absolute Gasteiger partial charge is 0.372 e. The highest BCUT2D eigenvalue weighted by molar-refractivity contribution is 5.57. The van der Waals surface area contributed by atoms with Crippen LogP contribution in [0.4, 0.5) is 5.69 Å². The van der Waals surface area contributed by atoms with Gasteiger partial charge >= 0.3 is 0 Å². The lowest BCUT2D eigenvalue weighted by Crippen LogP contribution is -2.27. The zero-order valence-corrected chi connectivity index (χ0v) is 9.86. The van der Waals surface area contributed by atoms with E-state index >= 15 is 0 Å². The Balaban J connectivity index is 3.10. The van der Waals surface area contributed by atoms with Crippen molar-refractivity contribution in [2.75, 3.05) is 11.9 Å². The summed E-state index contributed by atoms with van der Waals surface area (Å²) >= 11 is 0. The molecular weight excluding hydrogens is 198 g/mol. The molecule has 0 aliphatic heterocycles. The van der Waals surface area contributed by atoms with Crippen molar-refractivity contribution < 1.29 is 0 Å². The quantitative estimate of drug-likeness (QED) is 0.775. The molecule has 1 rings (SSSR count). The molecule has 0 saturated heterocycles. The van der Waals surface area contributed by atoms with E-state index in [0.717, 1.165) is 12.1 Å². The summed E-state index contributed by atoms with van der Waals surface area (Å²) in [6.45, 7) is 4.25. The van der Waals surface area contributed by atoms with E-state index in [1.54, 1.807) is 12.1 Å². The van der Waals surface area contributed by atoms with E-state index in [1.807, 2.05) is 25.3 Å². The number of hydrogen-bond donors (Lipinski definition) is 0. The van der Waals surface area contributed by atoms with Crippen LogP contribution < -0.4 is 4.90 Å². The van der Waals surface area contributed by atoms with Gasteiger partial charge in [0.2, 0.25) is 0 Å². The molecule has 0 aromatic heterocycles. The summed E-state index contributed by atoms with van der Waals surface area (Å²) in [4.78, 5) is 2.11. The van der Waals surface area contributed by atoms with Crippen molar-refractivity contribution >= 4 is 5.69 Å². The van der Waals surface area contributed by atoms with Gasteiger partial charge in [-0.25, -0.2) is 0 Å². The maximum absolute atomic E-state index is 8.93. The molecule has 3 heteroatoms. The van der Waals surface area contributed by atoms with E-state index in [0.29, 0.717) is 17.2 Å². The Labute approximate surface area is 96.5 Å². The molecular formula is C13H15N3. The highest BCUT2D eigenvalue weighted by Crippen LogP contribution is 2.20. The number of nitrogens with zero attached hydrogens (tertiary/aromatic N) is 3. The van der Waals surface area contributed by atoms with Crippen LogP contribution in [0.2, 0.25) is 0 Å². The SMILES string of the molecule is CCC(C)N(C)c1ccc(C#N)c(C#N)c1. The molecule has 0 aliphatic rings. The minimum atomic E-state index is 0.416. The monoisotopic (exact) mass is 213 g/mol. The van der Waals surface area contributed by atoms with Crippen LogP contribution >= 0.6 is 0 Å². The van der Waals surface area contributed by atoms with Crippen LogP contribution in [0.25, 0.3) is 0 Å². The fourth-order valence-corrected chi connectivity index (χ4v) is 1.47. The van der Waals surface area contributed by atoms with E-state index in [2.05, 4.69) is 18.7 Å². The van der Waals surface area contributed by atoms with E-state index in [4.69, 9.17) is 10.5 Å². The zero-order valence-electron chi connectivity index (χ0n) is 9.86. The number of rotatable bonds is 3. The highest BCUT2D eigenvalue weighted by atomic mass is 15.1. The van der Waals surface area contributed by atoms with Crippen molar-refractivity contribution in [2.45, 2.75) is 26.3 Å². The van der Waals surface area contributed by atoms with Crippen LogP contribution in [0.3, 0.4) is 0 Å². The van der Waals surface area contributed by atoms with E-state index < -0.39 is 0 Å². The molecule has 0 N–H and O–H groups in total. The van der Waals surface area contributed by atoms with Crippen molar-refractivity contribution in [3.63, 3.8) is 0 Å². The van der Waals surface area contributed by atoms with Gasteiger partial charge in [0.15, 0.2) is 0 Å². The second-order valence-corrected chi connectivity index (χ2v) is 3.82. The molecule has 3 nitrogen and oxygen atoms in total. The van der Waals surface area contributed by atoms with Crippen LogP contribution in [0.15, 0.2) is 18.2 Å². The Bertz CT molecular complexity index is 451. The van der Waals surface area contributed by atoms with Gasteiger partial charge in [0.1, 0.15) is 12.1 Å². The second-order valence-electron chi connectivity index (χ2n) is 3.82. The van der Waals surface area contributed by atoms with Crippen molar-refractivity contribution in [1.82, 2.24) is 0 Å². The molecule has 0 bridgehead atoms. The Morgan fingerprint density at radius 3 is 2.38 bits per heavy atom. The summed E-state index contributed by atoms with van der Waals surface area (Å²) < 4.78 is 0. The van der Waals surface area contributed by atoms with E-state index in [1.165, 1.54) is 0 Å². The lowest BCUT2D eigenvalue weighted by molar-refractivity contribution is 0.664. The van der Waals surface area contributed by atoms with Gasteiger partial charge in [-0.1, -0.05) is 6.92 Å². The molecule has 16 heavy (non-hydrogen) atoms. The van der Waals surface area contributed by atoms with Gasteiger partial charge in [-0.05, 0) is 31.5 Å². The lowest BCUT2D eigenvalue weighted by atomic mass is 10.1. The number of hydrogen-bond acceptors (Lipinski definition) is 3. The molecule has 0 saturated carbocycles. The normalized spacial score (nSPS) is 11.3. The third-order valence-corrected chi connectivity index (χ3v) is 2.90. The number of anilines is 1. The Morgan fingerprint density at radius 2 is 1.88 bits per heavy atom. The maximum Gasteiger partial charge on any atom is 0.101 e. The van der Waals surface area contributed by atoms with Gasteiger partial charge in [-0.15, -0.1) is 0 Å². The molecule has 1 aromatic rings. The summed E-state index contributed by atoms with van der Waals surface area (Å²) in [6, 6.07) is 9.83. The van der Waals surface area contributed by atoms with Crippen molar-refractivity contribution in [3.8, 4) is 12.1 Å². The topological polar surface area (TPSA) is 50.8 Å². The fraction of sp³-hybridized carbons (Fsp3) is 0.385. The molecule has 1 aromatic carbocycles. The first-order valence-electron chi connectivity index (χ1n) is 5.31. The van der Waals surface area contributed by atoms with Crippen LogP contribution in [0.5, 0.6) is 0 Å². The van der Waals surface area contributed by atoms with Crippen LogP contribution in [0.1, 0.15) is 31.4 Å². The number of benzene rings is 1. The van der Waals surface area contributed by atoms with Gasteiger partial charge in [0, 0.05) is 18.8 Å². The Kier molecular flexibility index (Phi) is 3.91. The predicted octanol–water partition coefficient (Wildman–Crippen LogP) is 2.66. The molecule has 0 aliphatic carbocycles. The molecule has 0 radical (unpaired) electrons. The smallest absolute Gasteiger partial charge is 0.101 e. The highest BCUT2D eigenvalue weighted by Gasteiger charge is 2.10. The summed E-state index contributed by atoms with van der Waals surface area (Å²) in [5, 5.41) is 17.8.